The smallest absolute Gasteiger partial charge is 0.355 e. The summed E-state index contributed by atoms with van der Waals surface area (Å²) in [6.45, 7) is 0.566. The molecule has 0 fully saturated rings. The zero-order chi connectivity index (χ0) is 18.9. The van der Waals surface area contributed by atoms with E-state index >= 15 is 0 Å². The maximum atomic E-state index is 12.3. The molecule has 0 spiro atoms. The van der Waals surface area contributed by atoms with Gasteiger partial charge >= 0.3 is 5.97 Å². The van der Waals surface area contributed by atoms with Crippen LogP contribution in [0.4, 0.5) is 5.69 Å². The van der Waals surface area contributed by atoms with Gasteiger partial charge in [0.2, 0.25) is 10.0 Å². The normalized spacial score (nSPS) is 14.0. The fourth-order valence-electron chi connectivity index (χ4n) is 2.80. The van der Waals surface area contributed by atoms with Crippen LogP contribution >= 0.6 is 11.3 Å². The fraction of sp³-hybridized carbons (Fsp3) is 0.312. The van der Waals surface area contributed by atoms with Gasteiger partial charge in [-0.05, 0) is 36.6 Å². The van der Waals surface area contributed by atoms with Crippen LogP contribution in [0.5, 0.6) is 0 Å². The van der Waals surface area contributed by atoms with Gasteiger partial charge in [-0.15, -0.1) is 11.3 Å². The van der Waals surface area contributed by atoms with E-state index in [4.69, 9.17) is 5.11 Å². The van der Waals surface area contributed by atoms with Gasteiger partial charge in [0.1, 0.15) is 5.01 Å². The first kappa shape index (κ1) is 18.3. The van der Waals surface area contributed by atoms with E-state index in [0.29, 0.717) is 35.6 Å². The van der Waals surface area contributed by atoms with Crippen LogP contribution in [-0.2, 0) is 23.0 Å². The number of amides is 1. The maximum Gasteiger partial charge on any atom is 0.355 e. The van der Waals surface area contributed by atoms with Gasteiger partial charge in [0.05, 0.1) is 18.5 Å². The molecule has 26 heavy (non-hydrogen) atoms. The minimum atomic E-state index is -3.35. The summed E-state index contributed by atoms with van der Waals surface area (Å²) in [5.41, 5.74) is 1.81. The molecule has 1 aliphatic heterocycles. The Hall–Kier alpha value is -2.46. The second-order valence-electron chi connectivity index (χ2n) is 5.90. The Kier molecular flexibility index (Phi) is 4.97. The molecule has 1 aliphatic rings. The highest BCUT2D eigenvalue weighted by molar-refractivity contribution is 7.92. The second-order valence-corrected chi connectivity index (χ2v) is 8.75. The van der Waals surface area contributed by atoms with E-state index in [2.05, 4.69) is 10.3 Å². The molecule has 138 valence electrons. The number of thiazole rings is 1. The van der Waals surface area contributed by atoms with Crippen molar-refractivity contribution in [2.45, 2.75) is 19.4 Å². The molecule has 2 heterocycles. The number of rotatable bonds is 5. The van der Waals surface area contributed by atoms with Crippen LogP contribution in [0.1, 0.15) is 37.8 Å². The molecule has 10 heteroatoms. The third-order valence-electron chi connectivity index (χ3n) is 3.99. The quantitative estimate of drug-likeness (QED) is 0.792. The van der Waals surface area contributed by atoms with Crippen molar-refractivity contribution >= 4 is 38.9 Å². The SMILES string of the molecule is CS(=O)(=O)N1CCCc2cc(C(=O)NCc3nc(C(=O)O)cs3)ccc21. The van der Waals surface area contributed by atoms with Gasteiger partial charge in [0, 0.05) is 17.5 Å². The van der Waals surface area contributed by atoms with Gasteiger partial charge in [-0.3, -0.25) is 9.10 Å². The van der Waals surface area contributed by atoms with Crippen molar-refractivity contribution in [3.8, 4) is 0 Å². The highest BCUT2D eigenvalue weighted by Gasteiger charge is 2.24. The summed E-state index contributed by atoms with van der Waals surface area (Å²) in [4.78, 5) is 27.1. The summed E-state index contributed by atoms with van der Waals surface area (Å²) in [7, 11) is -3.35. The van der Waals surface area contributed by atoms with Crippen molar-refractivity contribution in [3.05, 3.63) is 45.4 Å². The molecule has 2 aromatic rings. The van der Waals surface area contributed by atoms with Crippen molar-refractivity contribution in [1.82, 2.24) is 10.3 Å². The fourth-order valence-corrected chi connectivity index (χ4v) is 4.50. The standard InChI is InChI=1S/C16H17N3O5S2/c1-26(23,24)19-6-2-3-10-7-11(4-5-13(10)19)15(20)17-8-14-18-12(9-25-14)16(21)22/h4-5,7,9H,2-3,6,8H2,1H3,(H,17,20)(H,21,22). The van der Waals surface area contributed by atoms with Gasteiger partial charge in [-0.2, -0.15) is 0 Å². The lowest BCUT2D eigenvalue weighted by Crippen LogP contribution is -2.34. The van der Waals surface area contributed by atoms with Crippen molar-refractivity contribution in [1.29, 1.82) is 0 Å². The van der Waals surface area contributed by atoms with E-state index in [1.165, 1.54) is 15.9 Å². The molecule has 0 unspecified atom stereocenters. The van der Waals surface area contributed by atoms with Crippen molar-refractivity contribution in [2.24, 2.45) is 0 Å². The molecule has 1 amide bonds. The summed E-state index contributed by atoms with van der Waals surface area (Å²) < 4.78 is 25.1. The number of carbonyl (C=O) groups excluding carboxylic acids is 1. The van der Waals surface area contributed by atoms with E-state index in [-0.39, 0.29) is 18.1 Å². The number of nitrogens with zero attached hydrogens (tertiary/aromatic N) is 2. The number of carboxylic acids is 1. The number of aromatic nitrogens is 1. The van der Waals surface area contributed by atoms with E-state index < -0.39 is 16.0 Å². The topological polar surface area (TPSA) is 117 Å². The molecule has 0 atom stereocenters. The Morgan fingerprint density at radius 3 is 2.81 bits per heavy atom. The van der Waals surface area contributed by atoms with Crippen LogP contribution in [0.3, 0.4) is 0 Å². The zero-order valence-electron chi connectivity index (χ0n) is 13.9. The first-order valence-corrected chi connectivity index (χ1v) is 10.5. The van der Waals surface area contributed by atoms with Crippen molar-refractivity contribution in [2.75, 3.05) is 17.1 Å². The van der Waals surface area contributed by atoms with Crippen LogP contribution in [0, 0.1) is 0 Å². The zero-order valence-corrected chi connectivity index (χ0v) is 15.6. The number of nitrogens with one attached hydrogen (secondary N) is 1. The largest absolute Gasteiger partial charge is 0.476 e. The summed E-state index contributed by atoms with van der Waals surface area (Å²) in [5.74, 6) is -1.43. The number of fused-ring (bicyclic) bond motifs is 1. The Balaban J connectivity index is 1.73. The maximum absolute atomic E-state index is 12.3. The average Bonchev–Trinajstić information content (AvgIpc) is 3.07. The lowest BCUT2D eigenvalue weighted by molar-refractivity contribution is 0.0691. The first-order valence-electron chi connectivity index (χ1n) is 7.82. The Morgan fingerprint density at radius 1 is 1.38 bits per heavy atom. The molecule has 0 saturated heterocycles. The highest BCUT2D eigenvalue weighted by Crippen LogP contribution is 2.29. The van der Waals surface area contributed by atoms with Crippen LogP contribution in [0.15, 0.2) is 23.6 Å². The molecule has 0 aliphatic carbocycles. The first-order chi connectivity index (χ1) is 12.3. The highest BCUT2D eigenvalue weighted by atomic mass is 32.2. The van der Waals surface area contributed by atoms with E-state index in [1.807, 2.05) is 0 Å². The molecule has 0 saturated carbocycles. The summed E-state index contributed by atoms with van der Waals surface area (Å²) in [5, 5.41) is 13.5. The Bertz CT molecular complexity index is 968. The monoisotopic (exact) mass is 395 g/mol. The predicted octanol–water partition coefficient (Wildman–Crippen LogP) is 1.48. The number of sulfonamides is 1. The molecule has 1 aromatic carbocycles. The number of hydrogen-bond donors (Lipinski definition) is 2. The van der Waals surface area contributed by atoms with E-state index in [1.54, 1.807) is 18.2 Å². The molecule has 0 radical (unpaired) electrons. The molecule has 8 nitrogen and oxygen atoms in total. The number of aromatic carboxylic acids is 1. The number of anilines is 1. The Labute approximate surface area is 154 Å². The predicted molar refractivity (Wildman–Crippen MR) is 97.2 cm³/mol. The number of hydrogen-bond acceptors (Lipinski definition) is 6. The van der Waals surface area contributed by atoms with Gasteiger partial charge < -0.3 is 10.4 Å². The number of aryl methyl sites for hydroxylation is 1. The number of benzene rings is 1. The summed E-state index contributed by atoms with van der Waals surface area (Å²) in [6.07, 6.45) is 2.57. The number of carbonyl (C=O) groups is 2. The molecule has 1 aromatic heterocycles. The summed E-state index contributed by atoms with van der Waals surface area (Å²) in [6, 6.07) is 4.94. The van der Waals surface area contributed by atoms with Crippen LogP contribution in [0.2, 0.25) is 0 Å². The molecule has 2 N–H and O–H groups in total. The van der Waals surface area contributed by atoms with Gasteiger partial charge in [0.15, 0.2) is 5.69 Å². The molecular formula is C16H17N3O5S2. The van der Waals surface area contributed by atoms with Gasteiger partial charge in [-0.1, -0.05) is 0 Å². The second kappa shape index (κ2) is 7.04. The van der Waals surface area contributed by atoms with E-state index in [0.717, 1.165) is 16.9 Å². The van der Waals surface area contributed by atoms with Crippen LogP contribution in [0.25, 0.3) is 0 Å². The lowest BCUT2D eigenvalue weighted by atomic mass is 10.0. The van der Waals surface area contributed by atoms with Gasteiger partial charge in [-0.25, -0.2) is 18.2 Å². The lowest BCUT2D eigenvalue weighted by Gasteiger charge is -2.29. The average molecular weight is 395 g/mol. The molecular weight excluding hydrogens is 378 g/mol. The third-order valence-corrected chi connectivity index (χ3v) is 6.02. The minimum absolute atomic E-state index is 0.0473. The Morgan fingerprint density at radius 2 is 2.15 bits per heavy atom. The minimum Gasteiger partial charge on any atom is -0.476 e. The molecule has 0 bridgehead atoms. The third kappa shape index (κ3) is 3.86. The van der Waals surface area contributed by atoms with Crippen LogP contribution in [-0.4, -0.2) is 43.2 Å². The molecule has 3 rings (SSSR count). The van der Waals surface area contributed by atoms with Crippen molar-refractivity contribution < 1.29 is 23.1 Å². The number of carboxylic acid groups (broad SMARTS) is 1. The van der Waals surface area contributed by atoms with E-state index in [9.17, 15) is 18.0 Å². The van der Waals surface area contributed by atoms with Crippen molar-refractivity contribution in [3.63, 3.8) is 0 Å². The van der Waals surface area contributed by atoms with Crippen LogP contribution < -0.4 is 9.62 Å². The summed E-state index contributed by atoms with van der Waals surface area (Å²) >= 11 is 1.16. The van der Waals surface area contributed by atoms with Gasteiger partial charge in [0.25, 0.3) is 5.91 Å².